The van der Waals surface area contributed by atoms with Crippen LogP contribution in [0.1, 0.15) is 38.0 Å². The average Bonchev–Trinajstić information content (AvgIpc) is 3.35. The normalized spacial score (nSPS) is 14.9. The molecule has 0 aliphatic carbocycles. The number of rotatable bonds is 9. The van der Waals surface area contributed by atoms with Crippen LogP contribution in [0.5, 0.6) is 5.75 Å². The van der Waals surface area contributed by atoms with Crippen LogP contribution in [-0.2, 0) is 16.0 Å². The molecule has 3 aromatic rings. The highest BCUT2D eigenvalue weighted by Crippen LogP contribution is 2.34. The maximum absolute atomic E-state index is 13.7. The number of nitrogens with zero attached hydrogens (tertiary/aromatic N) is 2. The smallest absolute Gasteiger partial charge is 0.254 e. The maximum atomic E-state index is 13.7. The van der Waals surface area contributed by atoms with Crippen LogP contribution in [0.2, 0.25) is 0 Å². The molecule has 35 heavy (non-hydrogen) atoms. The van der Waals surface area contributed by atoms with E-state index < -0.39 is 0 Å². The molecule has 0 N–H and O–H groups in total. The molecule has 0 saturated carbocycles. The van der Waals surface area contributed by atoms with E-state index in [0.717, 1.165) is 28.9 Å². The summed E-state index contributed by atoms with van der Waals surface area (Å²) in [5.41, 5.74) is 3.69. The first kappa shape index (κ1) is 24.9. The summed E-state index contributed by atoms with van der Waals surface area (Å²) in [5.74, 6) is 0.575. The number of ether oxygens (including phenoxy) is 2. The second-order valence-corrected chi connectivity index (χ2v) is 9.76. The minimum atomic E-state index is -0.199. The predicted octanol–water partition coefficient (Wildman–Crippen LogP) is 4.66. The van der Waals surface area contributed by atoms with Gasteiger partial charge < -0.3 is 19.3 Å². The van der Waals surface area contributed by atoms with E-state index in [9.17, 15) is 9.59 Å². The molecular formula is C28H32N2O4S. The van der Waals surface area contributed by atoms with E-state index in [0.29, 0.717) is 31.9 Å². The Kier molecular flexibility index (Phi) is 8.21. The molecule has 2 aromatic carbocycles. The van der Waals surface area contributed by atoms with Crippen LogP contribution in [0.3, 0.4) is 0 Å². The molecule has 184 valence electrons. The van der Waals surface area contributed by atoms with Gasteiger partial charge in [-0.2, -0.15) is 0 Å². The Bertz CT molecular complexity index is 1180. The minimum Gasteiger partial charge on any atom is -0.491 e. The zero-order valence-electron chi connectivity index (χ0n) is 20.5. The van der Waals surface area contributed by atoms with Crippen LogP contribution in [0.4, 0.5) is 0 Å². The number of aryl methyl sites for hydroxylation is 2. The number of benzene rings is 2. The third kappa shape index (κ3) is 5.74. The molecule has 0 saturated heterocycles. The van der Waals surface area contributed by atoms with E-state index in [-0.39, 0.29) is 24.4 Å². The van der Waals surface area contributed by atoms with Gasteiger partial charge in [-0.05, 0) is 60.5 Å². The monoisotopic (exact) mass is 492 g/mol. The molecule has 4 rings (SSSR count). The van der Waals surface area contributed by atoms with Crippen molar-refractivity contribution in [2.75, 3.05) is 40.0 Å². The summed E-state index contributed by atoms with van der Waals surface area (Å²) in [5, 5.41) is 2.08. The lowest BCUT2D eigenvalue weighted by molar-refractivity contribution is -0.135. The Balaban J connectivity index is 1.54. The van der Waals surface area contributed by atoms with Crippen molar-refractivity contribution in [1.82, 2.24) is 9.80 Å². The van der Waals surface area contributed by atoms with Gasteiger partial charge in [-0.25, -0.2) is 0 Å². The van der Waals surface area contributed by atoms with Crippen molar-refractivity contribution in [2.24, 2.45) is 0 Å². The highest BCUT2D eigenvalue weighted by atomic mass is 32.1. The number of para-hydroxylation sites is 1. The van der Waals surface area contributed by atoms with Crippen LogP contribution < -0.4 is 4.74 Å². The van der Waals surface area contributed by atoms with Gasteiger partial charge in [0.25, 0.3) is 5.91 Å². The molecule has 2 heterocycles. The molecule has 0 unspecified atom stereocenters. The maximum Gasteiger partial charge on any atom is 0.254 e. The lowest BCUT2D eigenvalue weighted by Gasteiger charge is -2.37. The van der Waals surface area contributed by atoms with Crippen molar-refractivity contribution in [2.45, 2.75) is 26.3 Å². The van der Waals surface area contributed by atoms with Gasteiger partial charge in [-0.15, -0.1) is 11.3 Å². The third-order valence-electron chi connectivity index (χ3n) is 6.46. The molecule has 1 aliphatic rings. The first-order valence-electron chi connectivity index (χ1n) is 11.9. The Morgan fingerprint density at radius 3 is 2.54 bits per heavy atom. The number of amides is 2. The van der Waals surface area contributed by atoms with E-state index in [1.54, 1.807) is 29.4 Å². The fourth-order valence-electron chi connectivity index (χ4n) is 4.45. The van der Waals surface area contributed by atoms with Crippen molar-refractivity contribution in [3.8, 4) is 5.75 Å². The van der Waals surface area contributed by atoms with Crippen LogP contribution in [0.25, 0.3) is 0 Å². The lowest BCUT2D eigenvalue weighted by atomic mass is 10.00. The van der Waals surface area contributed by atoms with Crippen molar-refractivity contribution >= 4 is 23.2 Å². The molecule has 0 spiro atoms. The molecule has 2 amide bonds. The summed E-state index contributed by atoms with van der Waals surface area (Å²) in [6, 6.07) is 17.3. The van der Waals surface area contributed by atoms with Crippen molar-refractivity contribution in [1.29, 1.82) is 0 Å². The van der Waals surface area contributed by atoms with Crippen LogP contribution in [0.15, 0.2) is 60.0 Å². The molecule has 0 bridgehead atoms. The predicted molar refractivity (Wildman–Crippen MR) is 138 cm³/mol. The van der Waals surface area contributed by atoms with Crippen molar-refractivity contribution in [3.63, 3.8) is 0 Å². The molecule has 6 nitrogen and oxygen atoms in total. The topological polar surface area (TPSA) is 59.1 Å². The van der Waals surface area contributed by atoms with E-state index in [2.05, 4.69) is 11.4 Å². The average molecular weight is 493 g/mol. The number of fused-ring (bicyclic) bond motifs is 1. The van der Waals surface area contributed by atoms with Gasteiger partial charge in [0.2, 0.25) is 5.91 Å². The van der Waals surface area contributed by atoms with Gasteiger partial charge >= 0.3 is 0 Å². The summed E-state index contributed by atoms with van der Waals surface area (Å²) in [4.78, 5) is 31.8. The number of hydrogen-bond acceptors (Lipinski definition) is 5. The fraction of sp³-hybridized carbons (Fsp3) is 0.357. The summed E-state index contributed by atoms with van der Waals surface area (Å²) in [7, 11) is 1.60. The van der Waals surface area contributed by atoms with Gasteiger partial charge in [-0.3, -0.25) is 9.59 Å². The number of thiophene rings is 1. The van der Waals surface area contributed by atoms with E-state index in [1.807, 2.05) is 61.2 Å². The zero-order chi connectivity index (χ0) is 24.8. The van der Waals surface area contributed by atoms with E-state index in [1.165, 1.54) is 4.88 Å². The zero-order valence-corrected chi connectivity index (χ0v) is 21.3. The first-order valence-corrected chi connectivity index (χ1v) is 12.8. The highest BCUT2D eigenvalue weighted by Gasteiger charge is 2.33. The third-order valence-corrected chi connectivity index (χ3v) is 7.46. The van der Waals surface area contributed by atoms with Gasteiger partial charge in [0.1, 0.15) is 18.9 Å². The second-order valence-electron chi connectivity index (χ2n) is 8.76. The largest absolute Gasteiger partial charge is 0.491 e. The second kappa shape index (κ2) is 11.5. The first-order chi connectivity index (χ1) is 17.0. The number of methoxy groups -OCH3 is 1. The number of carbonyl (C=O) groups is 2. The van der Waals surface area contributed by atoms with Gasteiger partial charge in [-0.1, -0.05) is 36.4 Å². The fourth-order valence-corrected chi connectivity index (χ4v) is 5.38. The Labute approximate surface area is 211 Å². The summed E-state index contributed by atoms with van der Waals surface area (Å²) < 4.78 is 11.4. The molecular weight excluding hydrogens is 460 g/mol. The summed E-state index contributed by atoms with van der Waals surface area (Å²) in [6.07, 6.45) is 0.809. The molecule has 1 aromatic heterocycles. The molecule has 1 atom stereocenters. The number of hydrogen-bond donors (Lipinski definition) is 0. The molecule has 7 heteroatoms. The van der Waals surface area contributed by atoms with Crippen molar-refractivity contribution < 1.29 is 19.1 Å². The molecule has 0 radical (unpaired) electrons. The van der Waals surface area contributed by atoms with E-state index >= 15 is 0 Å². The SMILES string of the molecule is COCCN(CC(=O)N1CCc2sccc2[C@@H]1COc1ccccc1C)C(=O)c1ccccc1C. The van der Waals surface area contributed by atoms with Gasteiger partial charge in [0.05, 0.1) is 12.6 Å². The lowest BCUT2D eigenvalue weighted by Crippen LogP contribution is -2.48. The van der Waals surface area contributed by atoms with E-state index in [4.69, 9.17) is 9.47 Å². The Morgan fingerprint density at radius 2 is 1.80 bits per heavy atom. The van der Waals surface area contributed by atoms with Crippen LogP contribution >= 0.6 is 11.3 Å². The minimum absolute atomic E-state index is 0.00311. The van der Waals surface area contributed by atoms with Crippen LogP contribution in [-0.4, -0.2) is 61.6 Å². The van der Waals surface area contributed by atoms with Gasteiger partial charge in [0, 0.05) is 30.6 Å². The molecule has 1 aliphatic heterocycles. The number of carbonyl (C=O) groups excluding carboxylic acids is 2. The summed E-state index contributed by atoms with van der Waals surface area (Å²) in [6.45, 7) is 5.59. The summed E-state index contributed by atoms with van der Waals surface area (Å²) >= 11 is 1.72. The molecule has 0 fully saturated rings. The van der Waals surface area contributed by atoms with Crippen LogP contribution in [0, 0.1) is 13.8 Å². The quantitative estimate of drug-likeness (QED) is 0.436. The van der Waals surface area contributed by atoms with Crippen molar-refractivity contribution in [3.05, 3.63) is 87.1 Å². The Morgan fingerprint density at radius 1 is 1.06 bits per heavy atom. The van der Waals surface area contributed by atoms with Gasteiger partial charge in [0.15, 0.2) is 0 Å². The Hall–Kier alpha value is -3.16. The highest BCUT2D eigenvalue weighted by molar-refractivity contribution is 7.10. The standard InChI is InChI=1S/C28H32N2O4S/c1-20-8-4-6-10-22(20)28(32)29(15-16-33-3)18-27(31)30-14-12-26-23(13-17-35-26)24(30)19-34-25-11-7-5-9-21(25)2/h4-11,13,17,24H,12,14-16,18-19H2,1-3H3/t24-/m0/s1.